The fourth-order valence-electron chi connectivity index (χ4n) is 2.01. The van der Waals surface area contributed by atoms with Gasteiger partial charge in [0.15, 0.2) is 0 Å². The highest BCUT2D eigenvalue weighted by Crippen LogP contribution is 2.28. The van der Waals surface area contributed by atoms with Crippen LogP contribution in [0.1, 0.15) is 33.5 Å². The average molecular weight is 362 g/mol. The molecule has 0 spiro atoms. The standard InChI is InChI=1S/C17H18N2O5S/c1-3-8-18-16(20)15-14(17(21)22)13(19-24-15)10-25-12-7-5-6-11(9-12)23-4-2/h3,5-7,9H,1,4,8,10H2,2H3,(H,18,20)(H,21,22). The van der Waals surface area contributed by atoms with Gasteiger partial charge in [-0.25, -0.2) is 4.79 Å². The lowest BCUT2D eigenvalue weighted by Gasteiger charge is -2.05. The third-order valence-corrected chi connectivity index (χ3v) is 4.09. The minimum Gasteiger partial charge on any atom is -0.494 e. The lowest BCUT2D eigenvalue weighted by molar-refractivity contribution is 0.0687. The van der Waals surface area contributed by atoms with Crippen LogP contribution in [0.2, 0.25) is 0 Å². The molecule has 132 valence electrons. The zero-order valence-electron chi connectivity index (χ0n) is 13.7. The molecule has 0 bridgehead atoms. The lowest BCUT2D eigenvalue weighted by Crippen LogP contribution is -2.24. The van der Waals surface area contributed by atoms with E-state index >= 15 is 0 Å². The van der Waals surface area contributed by atoms with Crippen molar-refractivity contribution in [2.75, 3.05) is 13.2 Å². The predicted molar refractivity (Wildman–Crippen MR) is 93.2 cm³/mol. The maximum absolute atomic E-state index is 12.0. The summed E-state index contributed by atoms with van der Waals surface area (Å²) >= 11 is 1.37. The fourth-order valence-corrected chi connectivity index (χ4v) is 2.89. The van der Waals surface area contributed by atoms with Crippen molar-refractivity contribution in [3.8, 4) is 5.75 Å². The third kappa shape index (κ3) is 4.87. The van der Waals surface area contributed by atoms with E-state index in [1.165, 1.54) is 17.8 Å². The van der Waals surface area contributed by atoms with Gasteiger partial charge in [0.05, 0.1) is 6.61 Å². The fraction of sp³-hybridized carbons (Fsp3) is 0.235. The van der Waals surface area contributed by atoms with Crippen molar-refractivity contribution in [3.63, 3.8) is 0 Å². The summed E-state index contributed by atoms with van der Waals surface area (Å²) in [5, 5.41) is 15.6. The van der Waals surface area contributed by atoms with Gasteiger partial charge in [-0.3, -0.25) is 4.79 Å². The molecule has 2 N–H and O–H groups in total. The number of carbonyl (C=O) groups excluding carboxylic acids is 1. The number of carboxylic acid groups (broad SMARTS) is 1. The van der Waals surface area contributed by atoms with Crippen molar-refractivity contribution in [3.05, 3.63) is 53.9 Å². The topological polar surface area (TPSA) is 102 Å². The summed E-state index contributed by atoms with van der Waals surface area (Å²) in [6.45, 7) is 6.14. The summed E-state index contributed by atoms with van der Waals surface area (Å²) in [5.41, 5.74) is -0.0295. The minimum atomic E-state index is -1.26. The largest absolute Gasteiger partial charge is 0.494 e. The van der Waals surface area contributed by atoms with E-state index in [-0.39, 0.29) is 29.3 Å². The lowest BCUT2D eigenvalue weighted by atomic mass is 10.2. The van der Waals surface area contributed by atoms with Gasteiger partial charge in [0.25, 0.3) is 5.91 Å². The van der Waals surface area contributed by atoms with E-state index in [1.807, 2.05) is 31.2 Å². The molecule has 1 aromatic carbocycles. The highest BCUT2D eigenvalue weighted by molar-refractivity contribution is 7.98. The van der Waals surface area contributed by atoms with Crippen LogP contribution >= 0.6 is 11.8 Å². The number of amides is 1. The zero-order valence-corrected chi connectivity index (χ0v) is 14.5. The molecule has 1 aromatic heterocycles. The quantitative estimate of drug-likeness (QED) is 0.522. The Labute approximate surface area is 149 Å². The number of aromatic nitrogens is 1. The first kappa shape index (κ1) is 18.6. The molecule has 7 nitrogen and oxygen atoms in total. The molecule has 25 heavy (non-hydrogen) atoms. The van der Waals surface area contributed by atoms with Gasteiger partial charge in [-0.1, -0.05) is 17.3 Å². The first-order chi connectivity index (χ1) is 12.1. The van der Waals surface area contributed by atoms with E-state index in [4.69, 9.17) is 9.26 Å². The number of thioether (sulfide) groups is 1. The zero-order chi connectivity index (χ0) is 18.2. The number of carbonyl (C=O) groups is 2. The van der Waals surface area contributed by atoms with Gasteiger partial charge in [-0.2, -0.15) is 0 Å². The summed E-state index contributed by atoms with van der Waals surface area (Å²) in [5.74, 6) is -1.23. The van der Waals surface area contributed by atoms with Gasteiger partial charge in [0, 0.05) is 17.2 Å². The maximum atomic E-state index is 12.0. The van der Waals surface area contributed by atoms with Gasteiger partial charge in [-0.15, -0.1) is 18.3 Å². The smallest absolute Gasteiger partial charge is 0.341 e. The molecule has 1 amide bonds. The second-order valence-corrected chi connectivity index (χ2v) is 5.88. The molecule has 0 atom stereocenters. The Morgan fingerprint density at radius 1 is 1.48 bits per heavy atom. The van der Waals surface area contributed by atoms with Crippen LogP contribution in [0.25, 0.3) is 0 Å². The predicted octanol–water partition coefficient (Wildman–Crippen LogP) is 2.98. The van der Waals surface area contributed by atoms with Crippen molar-refractivity contribution in [2.45, 2.75) is 17.6 Å². The summed E-state index contributed by atoms with van der Waals surface area (Å²) in [6, 6.07) is 7.43. The summed E-state index contributed by atoms with van der Waals surface area (Å²) in [4.78, 5) is 24.3. The van der Waals surface area contributed by atoms with E-state index in [1.54, 1.807) is 0 Å². The first-order valence-corrected chi connectivity index (χ1v) is 8.52. The first-order valence-electron chi connectivity index (χ1n) is 7.53. The highest BCUT2D eigenvalue weighted by atomic mass is 32.2. The summed E-state index contributed by atoms with van der Waals surface area (Å²) in [6.07, 6.45) is 1.48. The monoisotopic (exact) mass is 362 g/mol. The maximum Gasteiger partial charge on any atom is 0.341 e. The molecule has 0 fully saturated rings. The Morgan fingerprint density at radius 3 is 2.96 bits per heavy atom. The van der Waals surface area contributed by atoms with E-state index in [9.17, 15) is 14.7 Å². The van der Waals surface area contributed by atoms with E-state index in [0.717, 1.165) is 10.6 Å². The Balaban J connectivity index is 2.15. The van der Waals surface area contributed by atoms with Crippen LogP contribution in [-0.2, 0) is 5.75 Å². The SMILES string of the molecule is C=CCNC(=O)c1onc(CSc2cccc(OCC)c2)c1C(=O)O. The van der Waals surface area contributed by atoms with Crippen LogP contribution in [0.4, 0.5) is 0 Å². The molecule has 0 aliphatic rings. The van der Waals surface area contributed by atoms with Crippen molar-refractivity contribution in [2.24, 2.45) is 0 Å². The van der Waals surface area contributed by atoms with Gasteiger partial charge in [0.2, 0.25) is 5.76 Å². The molecular formula is C17H18N2O5S. The molecule has 2 aromatic rings. The average Bonchev–Trinajstić information content (AvgIpc) is 3.03. The number of carboxylic acids is 1. The molecule has 1 heterocycles. The second kappa shape index (κ2) is 8.93. The van der Waals surface area contributed by atoms with Crippen LogP contribution in [0.5, 0.6) is 5.75 Å². The second-order valence-electron chi connectivity index (χ2n) is 4.83. The third-order valence-electron chi connectivity index (χ3n) is 3.08. The van der Waals surface area contributed by atoms with Crippen LogP contribution in [-0.4, -0.2) is 35.3 Å². The molecule has 0 saturated carbocycles. The number of nitrogens with one attached hydrogen (secondary N) is 1. The van der Waals surface area contributed by atoms with E-state index in [0.29, 0.717) is 6.61 Å². The van der Waals surface area contributed by atoms with Gasteiger partial charge in [-0.05, 0) is 25.1 Å². The summed E-state index contributed by atoms with van der Waals surface area (Å²) in [7, 11) is 0. The van der Waals surface area contributed by atoms with Crippen molar-refractivity contribution in [1.82, 2.24) is 10.5 Å². The van der Waals surface area contributed by atoms with E-state index < -0.39 is 11.9 Å². The minimum absolute atomic E-state index is 0.197. The Bertz CT molecular complexity index is 772. The van der Waals surface area contributed by atoms with Crippen molar-refractivity contribution < 1.29 is 24.0 Å². The Morgan fingerprint density at radius 2 is 2.28 bits per heavy atom. The molecule has 0 aliphatic carbocycles. The molecule has 2 rings (SSSR count). The number of hydrogen-bond donors (Lipinski definition) is 2. The molecule has 0 unspecified atom stereocenters. The molecular weight excluding hydrogens is 344 g/mol. The highest BCUT2D eigenvalue weighted by Gasteiger charge is 2.27. The van der Waals surface area contributed by atoms with Crippen LogP contribution in [0.15, 0.2) is 46.3 Å². The number of hydrogen-bond acceptors (Lipinski definition) is 6. The van der Waals surface area contributed by atoms with Gasteiger partial charge >= 0.3 is 5.97 Å². The van der Waals surface area contributed by atoms with Crippen LogP contribution < -0.4 is 10.1 Å². The van der Waals surface area contributed by atoms with Crippen LogP contribution in [0, 0.1) is 0 Å². The number of benzene rings is 1. The molecule has 0 radical (unpaired) electrons. The summed E-state index contributed by atoms with van der Waals surface area (Å²) < 4.78 is 10.4. The van der Waals surface area contributed by atoms with Crippen molar-refractivity contribution >= 4 is 23.6 Å². The molecule has 8 heteroatoms. The van der Waals surface area contributed by atoms with Crippen molar-refractivity contribution in [1.29, 1.82) is 0 Å². The number of nitrogens with zero attached hydrogens (tertiary/aromatic N) is 1. The normalized spacial score (nSPS) is 10.3. The van der Waals surface area contributed by atoms with E-state index in [2.05, 4.69) is 17.1 Å². The molecule has 0 aliphatic heterocycles. The Hall–Kier alpha value is -2.74. The number of rotatable bonds is 9. The van der Waals surface area contributed by atoms with Gasteiger partial charge < -0.3 is 19.7 Å². The van der Waals surface area contributed by atoms with Gasteiger partial charge in [0.1, 0.15) is 17.0 Å². The van der Waals surface area contributed by atoms with Crippen LogP contribution in [0.3, 0.4) is 0 Å². The number of aromatic carboxylic acids is 1. The molecule has 0 saturated heterocycles. The Kier molecular flexibility index (Phi) is 6.64. The number of ether oxygens (including phenoxy) is 1.